The number of halogens is 4. The minimum atomic E-state index is -4.81. The molecule has 0 atom stereocenters. The number of nitrogens with zero attached hydrogens (tertiary/aromatic N) is 2. The fraction of sp³-hybridized carbons (Fsp3) is 0.400. The van der Waals surface area contributed by atoms with Crippen LogP contribution in [0.25, 0.3) is 0 Å². The predicted octanol–water partition coefficient (Wildman–Crippen LogP) is 3.09. The van der Waals surface area contributed by atoms with Gasteiger partial charge in [-0.1, -0.05) is 0 Å². The summed E-state index contributed by atoms with van der Waals surface area (Å²) < 4.78 is 39.8. The van der Waals surface area contributed by atoms with Crippen LogP contribution in [0.3, 0.4) is 0 Å². The number of hydrogen-bond donors (Lipinski definition) is 0. The van der Waals surface area contributed by atoms with E-state index in [9.17, 15) is 13.2 Å². The first-order chi connectivity index (χ1) is 7.87. The van der Waals surface area contributed by atoms with E-state index in [4.69, 9.17) is 16.9 Å². The van der Waals surface area contributed by atoms with Crippen LogP contribution in [0.5, 0.6) is 5.88 Å². The van der Waals surface area contributed by atoms with Crippen molar-refractivity contribution >= 4 is 11.6 Å². The highest BCUT2D eigenvalue weighted by atomic mass is 35.5. The fourth-order valence-corrected chi connectivity index (χ4v) is 1.53. The SMILES string of the molecule is Cc1c(CCl)cc(OC(F)(F)F)nc1CC#N. The highest BCUT2D eigenvalue weighted by Gasteiger charge is 2.32. The van der Waals surface area contributed by atoms with Gasteiger partial charge in [0, 0.05) is 11.9 Å². The second kappa shape index (κ2) is 5.23. The molecule has 0 bridgehead atoms. The third-order valence-corrected chi connectivity index (χ3v) is 2.36. The van der Waals surface area contributed by atoms with Gasteiger partial charge in [-0.15, -0.1) is 24.8 Å². The van der Waals surface area contributed by atoms with Crippen molar-refractivity contribution < 1.29 is 17.9 Å². The zero-order valence-corrected chi connectivity index (χ0v) is 9.56. The lowest BCUT2D eigenvalue weighted by Gasteiger charge is -2.12. The van der Waals surface area contributed by atoms with Gasteiger partial charge in [0.05, 0.1) is 18.2 Å². The molecule has 92 valence electrons. The van der Waals surface area contributed by atoms with Crippen molar-refractivity contribution in [2.45, 2.75) is 25.6 Å². The first kappa shape index (κ1) is 13.6. The van der Waals surface area contributed by atoms with Gasteiger partial charge in [-0.2, -0.15) is 5.26 Å². The lowest BCUT2D eigenvalue weighted by Crippen LogP contribution is -2.18. The molecule has 1 heterocycles. The molecule has 17 heavy (non-hydrogen) atoms. The summed E-state index contributed by atoms with van der Waals surface area (Å²) in [7, 11) is 0. The van der Waals surface area contributed by atoms with Crippen LogP contribution in [0.1, 0.15) is 16.8 Å². The summed E-state index contributed by atoms with van der Waals surface area (Å²) in [6.45, 7) is 1.65. The van der Waals surface area contributed by atoms with E-state index in [1.165, 1.54) is 0 Å². The van der Waals surface area contributed by atoms with Gasteiger partial charge in [-0.25, -0.2) is 4.98 Å². The average molecular weight is 265 g/mol. The van der Waals surface area contributed by atoms with Crippen LogP contribution >= 0.6 is 11.6 Å². The van der Waals surface area contributed by atoms with E-state index in [2.05, 4.69) is 9.72 Å². The number of nitriles is 1. The van der Waals surface area contributed by atoms with E-state index in [1.54, 1.807) is 6.92 Å². The van der Waals surface area contributed by atoms with Crippen LogP contribution in [0.15, 0.2) is 6.07 Å². The smallest absolute Gasteiger partial charge is 0.388 e. The van der Waals surface area contributed by atoms with E-state index in [-0.39, 0.29) is 18.0 Å². The maximum Gasteiger partial charge on any atom is 0.574 e. The molecule has 0 amide bonds. The Morgan fingerprint density at radius 2 is 2.18 bits per heavy atom. The Balaban J connectivity index is 3.16. The second-order valence-corrected chi connectivity index (χ2v) is 3.47. The summed E-state index contributed by atoms with van der Waals surface area (Å²) in [6.07, 6.45) is -4.90. The molecule has 0 aromatic carbocycles. The molecule has 0 N–H and O–H groups in total. The molecule has 0 aliphatic rings. The normalized spacial score (nSPS) is 11.1. The summed E-state index contributed by atoms with van der Waals surface area (Å²) >= 11 is 5.60. The van der Waals surface area contributed by atoms with Crippen LogP contribution in [-0.4, -0.2) is 11.3 Å². The summed E-state index contributed by atoms with van der Waals surface area (Å²) in [5.41, 5.74) is 1.31. The topological polar surface area (TPSA) is 45.9 Å². The molecular weight excluding hydrogens is 257 g/mol. The maximum atomic E-state index is 12.0. The molecular formula is C10H8ClF3N2O. The van der Waals surface area contributed by atoms with Gasteiger partial charge in [-0.05, 0) is 18.1 Å². The van der Waals surface area contributed by atoms with Crippen molar-refractivity contribution in [2.24, 2.45) is 0 Å². The van der Waals surface area contributed by atoms with Crippen molar-refractivity contribution in [3.63, 3.8) is 0 Å². The first-order valence-corrected chi connectivity index (χ1v) is 5.09. The van der Waals surface area contributed by atoms with Gasteiger partial charge in [0.25, 0.3) is 0 Å². The number of hydrogen-bond acceptors (Lipinski definition) is 3. The van der Waals surface area contributed by atoms with Crippen LogP contribution in [0, 0.1) is 18.3 Å². The molecule has 0 fully saturated rings. The van der Waals surface area contributed by atoms with Gasteiger partial charge in [0.15, 0.2) is 0 Å². The number of ether oxygens (including phenoxy) is 1. The van der Waals surface area contributed by atoms with E-state index >= 15 is 0 Å². The summed E-state index contributed by atoms with van der Waals surface area (Å²) in [5, 5.41) is 8.55. The maximum absolute atomic E-state index is 12.0. The molecule has 1 aromatic rings. The number of pyridine rings is 1. The summed E-state index contributed by atoms with van der Waals surface area (Å²) in [5.74, 6) is -0.565. The lowest BCUT2D eigenvalue weighted by molar-refractivity contribution is -0.276. The van der Waals surface area contributed by atoms with E-state index in [0.29, 0.717) is 11.1 Å². The Morgan fingerprint density at radius 1 is 1.53 bits per heavy atom. The molecule has 0 saturated heterocycles. The minimum Gasteiger partial charge on any atom is -0.388 e. The molecule has 0 unspecified atom stereocenters. The van der Waals surface area contributed by atoms with Crippen molar-refractivity contribution in [3.8, 4) is 11.9 Å². The van der Waals surface area contributed by atoms with Crippen LogP contribution in [-0.2, 0) is 12.3 Å². The molecule has 3 nitrogen and oxygen atoms in total. The highest BCUT2D eigenvalue weighted by Crippen LogP contribution is 2.25. The third kappa shape index (κ3) is 3.79. The van der Waals surface area contributed by atoms with Gasteiger partial charge >= 0.3 is 6.36 Å². The third-order valence-electron chi connectivity index (χ3n) is 2.07. The Bertz CT molecular complexity index is 454. The zero-order chi connectivity index (χ0) is 13.1. The van der Waals surface area contributed by atoms with Crippen molar-refractivity contribution in [1.29, 1.82) is 5.26 Å². The van der Waals surface area contributed by atoms with Gasteiger partial charge in [0.1, 0.15) is 0 Å². The summed E-state index contributed by atoms with van der Waals surface area (Å²) in [4.78, 5) is 3.63. The lowest BCUT2D eigenvalue weighted by atomic mass is 10.1. The van der Waals surface area contributed by atoms with Crippen molar-refractivity contribution in [2.75, 3.05) is 0 Å². The number of alkyl halides is 4. The van der Waals surface area contributed by atoms with Crippen LogP contribution in [0.4, 0.5) is 13.2 Å². The number of aromatic nitrogens is 1. The monoisotopic (exact) mass is 264 g/mol. The van der Waals surface area contributed by atoms with E-state index < -0.39 is 12.2 Å². The molecule has 1 rings (SSSR count). The van der Waals surface area contributed by atoms with E-state index in [0.717, 1.165) is 6.07 Å². The van der Waals surface area contributed by atoms with E-state index in [1.807, 2.05) is 6.07 Å². The molecule has 0 saturated carbocycles. The predicted molar refractivity (Wildman–Crippen MR) is 54.5 cm³/mol. The standard InChI is InChI=1S/C10H8ClF3N2O/c1-6-7(5-11)4-9(17-10(12,13)14)16-8(6)2-3-15/h4H,2,5H2,1H3. The Hall–Kier alpha value is -1.48. The molecule has 0 aliphatic carbocycles. The first-order valence-electron chi connectivity index (χ1n) is 4.55. The second-order valence-electron chi connectivity index (χ2n) is 3.21. The quantitative estimate of drug-likeness (QED) is 0.788. The van der Waals surface area contributed by atoms with Crippen LogP contribution < -0.4 is 4.74 Å². The highest BCUT2D eigenvalue weighted by molar-refractivity contribution is 6.17. The number of rotatable bonds is 3. The Morgan fingerprint density at radius 3 is 2.65 bits per heavy atom. The van der Waals surface area contributed by atoms with Crippen molar-refractivity contribution in [1.82, 2.24) is 4.98 Å². The largest absolute Gasteiger partial charge is 0.574 e. The van der Waals surface area contributed by atoms with Crippen molar-refractivity contribution in [3.05, 3.63) is 22.9 Å². The van der Waals surface area contributed by atoms with Crippen LogP contribution in [0.2, 0.25) is 0 Å². The molecule has 0 radical (unpaired) electrons. The Kier molecular flexibility index (Phi) is 4.18. The molecule has 1 aromatic heterocycles. The Labute approximate surface area is 101 Å². The fourth-order valence-electron chi connectivity index (χ4n) is 1.25. The molecule has 0 aliphatic heterocycles. The summed E-state index contributed by atoms with van der Waals surface area (Å²) in [6, 6.07) is 2.95. The van der Waals surface area contributed by atoms with Gasteiger partial charge in [-0.3, -0.25) is 0 Å². The molecule has 0 spiro atoms. The van der Waals surface area contributed by atoms with Gasteiger partial charge in [0.2, 0.25) is 5.88 Å². The zero-order valence-electron chi connectivity index (χ0n) is 8.81. The molecule has 7 heteroatoms. The van der Waals surface area contributed by atoms with Gasteiger partial charge < -0.3 is 4.74 Å². The minimum absolute atomic E-state index is 0.0288. The average Bonchev–Trinajstić information content (AvgIpc) is 2.20.